The van der Waals surface area contributed by atoms with Crippen LogP contribution in [-0.4, -0.2) is 16.9 Å². The van der Waals surface area contributed by atoms with Crippen LogP contribution in [0.15, 0.2) is 48.8 Å². The number of ether oxygens (including phenoxy) is 1. The number of nitrogens with one attached hydrogen (secondary N) is 1. The third-order valence-corrected chi connectivity index (χ3v) is 4.45. The Kier molecular flexibility index (Phi) is 4.60. The highest BCUT2D eigenvalue weighted by molar-refractivity contribution is 5.89. The van der Waals surface area contributed by atoms with Crippen LogP contribution in [0.2, 0.25) is 0 Å². The molecule has 124 valence electrons. The van der Waals surface area contributed by atoms with E-state index in [2.05, 4.69) is 10.3 Å². The van der Waals surface area contributed by atoms with Gasteiger partial charge in [-0.3, -0.25) is 14.6 Å². The van der Waals surface area contributed by atoms with Crippen LogP contribution in [0.5, 0.6) is 5.75 Å². The molecule has 1 heterocycles. The molecule has 0 atom stereocenters. The predicted octanol–water partition coefficient (Wildman–Crippen LogP) is 3.46. The van der Waals surface area contributed by atoms with Crippen molar-refractivity contribution in [2.75, 3.05) is 5.32 Å². The van der Waals surface area contributed by atoms with Crippen LogP contribution in [0.4, 0.5) is 5.69 Å². The first-order valence-corrected chi connectivity index (χ1v) is 8.11. The molecule has 1 fully saturated rings. The van der Waals surface area contributed by atoms with Crippen LogP contribution in [0.1, 0.15) is 38.2 Å². The quantitative estimate of drug-likeness (QED) is 0.691. The summed E-state index contributed by atoms with van der Waals surface area (Å²) in [4.78, 5) is 28.1. The Labute approximate surface area is 141 Å². The van der Waals surface area contributed by atoms with E-state index >= 15 is 0 Å². The van der Waals surface area contributed by atoms with E-state index < -0.39 is 5.41 Å². The minimum atomic E-state index is -0.607. The van der Waals surface area contributed by atoms with Gasteiger partial charge in [0.05, 0.1) is 5.41 Å². The zero-order valence-corrected chi connectivity index (χ0v) is 13.6. The van der Waals surface area contributed by atoms with Crippen LogP contribution in [0.25, 0.3) is 0 Å². The van der Waals surface area contributed by atoms with Crippen molar-refractivity contribution < 1.29 is 14.3 Å². The van der Waals surface area contributed by atoms with Crippen molar-refractivity contribution in [3.8, 4) is 5.75 Å². The molecule has 0 radical (unpaired) electrons. The normalized spacial score (nSPS) is 15.7. The number of anilines is 1. The molecule has 0 bridgehead atoms. The van der Waals surface area contributed by atoms with Gasteiger partial charge in [0.15, 0.2) is 0 Å². The smallest absolute Gasteiger partial charge is 0.322 e. The number of amides is 1. The van der Waals surface area contributed by atoms with Gasteiger partial charge in [0.25, 0.3) is 0 Å². The lowest BCUT2D eigenvalue weighted by Crippen LogP contribution is -2.36. The van der Waals surface area contributed by atoms with Gasteiger partial charge in [-0.15, -0.1) is 0 Å². The number of carbonyl (C=O) groups is 2. The fourth-order valence-electron chi connectivity index (χ4n) is 3.25. The third-order valence-electron chi connectivity index (χ3n) is 4.45. The lowest BCUT2D eigenvalue weighted by Gasteiger charge is -2.26. The number of benzene rings is 1. The van der Waals surface area contributed by atoms with Crippen molar-refractivity contribution in [3.05, 3.63) is 54.4 Å². The molecule has 5 heteroatoms. The van der Waals surface area contributed by atoms with Gasteiger partial charge >= 0.3 is 5.97 Å². The number of esters is 1. The van der Waals surface area contributed by atoms with Crippen LogP contribution in [0, 0.1) is 0 Å². The summed E-state index contributed by atoms with van der Waals surface area (Å²) in [7, 11) is 0. The minimum absolute atomic E-state index is 0.138. The number of hydrogen-bond donors (Lipinski definition) is 1. The second kappa shape index (κ2) is 6.83. The summed E-state index contributed by atoms with van der Waals surface area (Å²) < 4.78 is 5.64. The number of hydrogen-bond acceptors (Lipinski definition) is 4. The van der Waals surface area contributed by atoms with E-state index in [1.54, 1.807) is 36.7 Å². The molecule has 0 aliphatic heterocycles. The molecule has 1 N–H and O–H groups in total. The maximum atomic E-state index is 12.9. The van der Waals surface area contributed by atoms with Crippen molar-refractivity contribution >= 4 is 17.6 Å². The van der Waals surface area contributed by atoms with Gasteiger partial charge < -0.3 is 10.1 Å². The van der Waals surface area contributed by atoms with Crippen molar-refractivity contribution in [3.63, 3.8) is 0 Å². The Morgan fingerprint density at radius 1 is 1.12 bits per heavy atom. The van der Waals surface area contributed by atoms with Gasteiger partial charge in [-0.2, -0.15) is 0 Å². The highest BCUT2D eigenvalue weighted by Gasteiger charge is 2.44. The monoisotopic (exact) mass is 324 g/mol. The Bertz CT molecular complexity index is 720. The molecule has 0 spiro atoms. The summed E-state index contributed by atoms with van der Waals surface area (Å²) in [6, 6.07) is 10.6. The number of rotatable bonds is 4. The molecular formula is C19H20N2O3. The lowest BCUT2D eigenvalue weighted by molar-refractivity contribution is -0.140. The van der Waals surface area contributed by atoms with Crippen molar-refractivity contribution in [2.45, 2.75) is 38.0 Å². The van der Waals surface area contributed by atoms with Crippen LogP contribution < -0.4 is 10.1 Å². The molecule has 0 unspecified atom stereocenters. The zero-order valence-electron chi connectivity index (χ0n) is 13.6. The maximum absolute atomic E-state index is 12.9. The highest BCUT2D eigenvalue weighted by Crippen LogP contribution is 2.42. The average Bonchev–Trinajstić information content (AvgIpc) is 3.08. The van der Waals surface area contributed by atoms with Crippen LogP contribution in [-0.2, 0) is 15.0 Å². The van der Waals surface area contributed by atoms with Gasteiger partial charge in [0.2, 0.25) is 5.91 Å². The summed E-state index contributed by atoms with van der Waals surface area (Å²) in [5.41, 5.74) is 0.984. The summed E-state index contributed by atoms with van der Waals surface area (Å²) in [5.74, 6) is 0.103. The Morgan fingerprint density at radius 3 is 2.42 bits per heavy atom. The standard InChI is InChI=1S/C19H20N2O3/c1-14(22)21-16-6-8-17(9-7-16)24-18(23)19(10-2-3-11-19)15-5-4-12-20-13-15/h4-9,12-13H,2-3,10-11H2,1H3,(H,21,22). The van der Waals surface area contributed by atoms with E-state index in [4.69, 9.17) is 4.74 Å². The van der Waals surface area contributed by atoms with E-state index in [1.165, 1.54) is 6.92 Å². The molecule has 3 rings (SSSR count). The van der Waals surface area contributed by atoms with E-state index in [1.807, 2.05) is 12.1 Å². The molecule has 24 heavy (non-hydrogen) atoms. The summed E-state index contributed by atoms with van der Waals surface area (Å²) in [5, 5.41) is 2.69. The first kappa shape index (κ1) is 16.2. The second-order valence-electron chi connectivity index (χ2n) is 6.13. The first-order valence-electron chi connectivity index (χ1n) is 8.11. The molecule has 1 aliphatic carbocycles. The molecule has 2 aromatic rings. The Hall–Kier alpha value is -2.69. The molecule has 1 saturated carbocycles. The van der Waals surface area contributed by atoms with Crippen LogP contribution in [0.3, 0.4) is 0 Å². The van der Waals surface area contributed by atoms with Crippen LogP contribution >= 0.6 is 0 Å². The summed E-state index contributed by atoms with van der Waals surface area (Å²) in [6.07, 6.45) is 7.03. The highest BCUT2D eigenvalue weighted by atomic mass is 16.5. The lowest BCUT2D eigenvalue weighted by atomic mass is 9.80. The first-order chi connectivity index (χ1) is 11.6. The van der Waals surface area contributed by atoms with Gasteiger partial charge in [-0.25, -0.2) is 0 Å². The van der Waals surface area contributed by atoms with E-state index in [0.717, 1.165) is 31.2 Å². The molecular weight excluding hydrogens is 304 g/mol. The van der Waals surface area contributed by atoms with Gasteiger partial charge in [0, 0.05) is 25.0 Å². The third kappa shape index (κ3) is 3.30. The molecule has 1 aromatic carbocycles. The number of carbonyl (C=O) groups excluding carboxylic acids is 2. The summed E-state index contributed by atoms with van der Waals surface area (Å²) >= 11 is 0. The molecule has 5 nitrogen and oxygen atoms in total. The second-order valence-corrected chi connectivity index (χ2v) is 6.13. The van der Waals surface area contributed by atoms with E-state index in [9.17, 15) is 9.59 Å². The predicted molar refractivity (Wildman–Crippen MR) is 90.8 cm³/mol. The molecule has 1 aliphatic rings. The van der Waals surface area contributed by atoms with Gasteiger partial charge in [0.1, 0.15) is 5.75 Å². The maximum Gasteiger partial charge on any atom is 0.322 e. The van der Waals surface area contributed by atoms with Crippen molar-refractivity contribution in [1.82, 2.24) is 4.98 Å². The number of nitrogens with zero attached hydrogens (tertiary/aromatic N) is 1. The van der Waals surface area contributed by atoms with Crippen molar-refractivity contribution in [2.24, 2.45) is 0 Å². The summed E-state index contributed by atoms with van der Waals surface area (Å²) in [6.45, 7) is 1.45. The zero-order chi connectivity index (χ0) is 17.0. The minimum Gasteiger partial charge on any atom is -0.426 e. The van der Waals surface area contributed by atoms with Crippen molar-refractivity contribution in [1.29, 1.82) is 0 Å². The van der Waals surface area contributed by atoms with E-state index in [0.29, 0.717) is 11.4 Å². The van der Waals surface area contributed by atoms with E-state index in [-0.39, 0.29) is 11.9 Å². The molecule has 0 saturated heterocycles. The van der Waals surface area contributed by atoms with Gasteiger partial charge in [-0.05, 0) is 48.7 Å². The SMILES string of the molecule is CC(=O)Nc1ccc(OC(=O)C2(c3cccnc3)CCCC2)cc1. The molecule has 1 amide bonds. The Morgan fingerprint density at radius 2 is 1.83 bits per heavy atom. The molecule has 1 aromatic heterocycles. The topological polar surface area (TPSA) is 68.3 Å². The fourth-order valence-corrected chi connectivity index (χ4v) is 3.25. The number of pyridine rings is 1. The largest absolute Gasteiger partial charge is 0.426 e. The fraction of sp³-hybridized carbons (Fsp3) is 0.316. The number of aromatic nitrogens is 1. The Balaban J connectivity index is 1.78. The van der Waals surface area contributed by atoms with Gasteiger partial charge in [-0.1, -0.05) is 18.9 Å². The average molecular weight is 324 g/mol.